The van der Waals surface area contributed by atoms with Gasteiger partial charge in [-0.1, -0.05) is 30.3 Å². The lowest BCUT2D eigenvalue weighted by Gasteiger charge is -2.49. The van der Waals surface area contributed by atoms with Crippen LogP contribution in [0.1, 0.15) is 17.7 Å². The van der Waals surface area contributed by atoms with Crippen molar-refractivity contribution in [3.8, 4) is 0 Å². The van der Waals surface area contributed by atoms with Gasteiger partial charge in [-0.3, -0.25) is 4.79 Å². The number of furan rings is 1. The van der Waals surface area contributed by atoms with Gasteiger partial charge in [-0.25, -0.2) is 0 Å². The number of ether oxygens (including phenoxy) is 1. The lowest BCUT2D eigenvalue weighted by molar-refractivity contribution is -0.199. The van der Waals surface area contributed by atoms with Gasteiger partial charge in [-0.2, -0.15) is 0 Å². The van der Waals surface area contributed by atoms with Crippen LogP contribution in [0, 0.1) is 5.92 Å². The first kappa shape index (κ1) is 16.8. The summed E-state index contributed by atoms with van der Waals surface area (Å²) in [6, 6.07) is 13.6. The zero-order valence-corrected chi connectivity index (χ0v) is 15.4. The fourth-order valence-electron chi connectivity index (χ4n) is 4.68. The number of nitrogens with zero attached hydrogens (tertiary/aromatic N) is 2. The second-order valence-electron chi connectivity index (χ2n) is 7.40. The lowest BCUT2D eigenvalue weighted by Crippen LogP contribution is -2.66. The van der Waals surface area contributed by atoms with Crippen LogP contribution in [-0.2, 0) is 22.6 Å². The molecule has 7 heteroatoms. The summed E-state index contributed by atoms with van der Waals surface area (Å²) in [5.41, 5.74) is 1.13. The number of carbonyl (C=O) groups is 1. The summed E-state index contributed by atoms with van der Waals surface area (Å²) in [7, 11) is 0. The normalized spacial score (nSPS) is 32.0. The molecular formula is C20H20N2O4S. The van der Waals surface area contributed by atoms with Gasteiger partial charge in [0.1, 0.15) is 11.9 Å². The molecule has 6 nitrogen and oxygen atoms in total. The molecule has 0 radical (unpaired) electrons. The molecule has 140 valence electrons. The summed E-state index contributed by atoms with van der Waals surface area (Å²) >= 11 is 5.82. The van der Waals surface area contributed by atoms with Gasteiger partial charge < -0.3 is 24.1 Å². The van der Waals surface area contributed by atoms with Crippen molar-refractivity contribution < 1.29 is 19.1 Å². The van der Waals surface area contributed by atoms with E-state index in [0.29, 0.717) is 24.6 Å². The second-order valence-corrected chi connectivity index (χ2v) is 7.76. The van der Waals surface area contributed by atoms with Crippen molar-refractivity contribution in [2.24, 2.45) is 5.92 Å². The number of thiocarbonyl (C=S) groups is 1. The first-order valence-corrected chi connectivity index (χ1v) is 9.56. The van der Waals surface area contributed by atoms with Crippen LogP contribution >= 0.6 is 12.2 Å². The minimum Gasteiger partial charge on any atom is -0.467 e. The van der Waals surface area contributed by atoms with E-state index in [9.17, 15) is 9.90 Å². The summed E-state index contributed by atoms with van der Waals surface area (Å²) < 4.78 is 11.1. The molecule has 1 aromatic carbocycles. The van der Waals surface area contributed by atoms with Crippen LogP contribution in [0.25, 0.3) is 0 Å². The highest BCUT2D eigenvalue weighted by atomic mass is 32.1. The van der Waals surface area contributed by atoms with E-state index in [-0.39, 0.29) is 24.0 Å². The molecule has 1 aromatic heterocycles. The molecule has 3 aliphatic heterocycles. The van der Waals surface area contributed by atoms with Crippen molar-refractivity contribution in [2.45, 2.75) is 43.8 Å². The molecule has 1 N–H and O–H groups in total. The Morgan fingerprint density at radius 3 is 2.59 bits per heavy atom. The fourth-order valence-corrected chi connectivity index (χ4v) is 5.05. The number of fused-ring (bicyclic) bond motifs is 2. The van der Waals surface area contributed by atoms with E-state index in [4.69, 9.17) is 21.4 Å². The van der Waals surface area contributed by atoms with E-state index in [1.54, 1.807) is 6.26 Å². The first-order valence-electron chi connectivity index (χ1n) is 9.15. The molecule has 4 heterocycles. The summed E-state index contributed by atoms with van der Waals surface area (Å²) in [6.45, 7) is 1.12. The lowest BCUT2D eigenvalue weighted by atomic mass is 9.74. The molecule has 1 aliphatic carbocycles. The van der Waals surface area contributed by atoms with Crippen LogP contribution in [0.5, 0.6) is 0 Å². The molecule has 27 heavy (non-hydrogen) atoms. The Bertz CT molecular complexity index is 856. The molecule has 4 fully saturated rings. The van der Waals surface area contributed by atoms with Crippen molar-refractivity contribution in [3.63, 3.8) is 0 Å². The predicted octanol–water partition coefficient (Wildman–Crippen LogP) is 1.93. The number of aliphatic hydroxyl groups is 1. The Labute approximate surface area is 162 Å². The molecule has 4 aliphatic rings. The number of rotatable bonds is 4. The third kappa shape index (κ3) is 2.64. The number of hydrogen-bond acceptors (Lipinski definition) is 5. The Hall–Kier alpha value is -2.38. The van der Waals surface area contributed by atoms with E-state index in [1.807, 2.05) is 30.3 Å². The van der Waals surface area contributed by atoms with Crippen LogP contribution in [0.15, 0.2) is 53.1 Å². The quantitative estimate of drug-likeness (QED) is 0.638. The minimum atomic E-state index is -0.654. The van der Waals surface area contributed by atoms with Crippen LogP contribution in [0.3, 0.4) is 0 Å². The number of aliphatic hydroxyl groups excluding tert-OH is 1. The largest absolute Gasteiger partial charge is 0.467 e. The van der Waals surface area contributed by atoms with E-state index >= 15 is 0 Å². The number of benzene rings is 1. The topological polar surface area (TPSA) is 66.2 Å². The average molecular weight is 384 g/mol. The monoisotopic (exact) mass is 384 g/mol. The molecule has 0 amide bonds. The first-order chi connectivity index (χ1) is 13.1. The molecule has 2 aromatic rings. The third-order valence-electron chi connectivity index (χ3n) is 5.84. The Kier molecular flexibility index (Phi) is 3.94. The van der Waals surface area contributed by atoms with Crippen LogP contribution < -0.4 is 0 Å². The van der Waals surface area contributed by atoms with E-state index in [1.165, 1.54) is 0 Å². The van der Waals surface area contributed by atoms with Crippen molar-refractivity contribution >= 4 is 23.3 Å². The highest BCUT2D eigenvalue weighted by Gasteiger charge is 2.62. The third-order valence-corrected chi connectivity index (χ3v) is 6.31. The van der Waals surface area contributed by atoms with Crippen molar-refractivity contribution in [1.82, 2.24) is 9.80 Å². The summed E-state index contributed by atoms with van der Waals surface area (Å²) in [5.74, 6) is 0.178. The molecule has 3 saturated heterocycles. The SMILES string of the molecule is O=C1O[C@@H]2[C@H]3[C@@H]([C@H]1C[C@H]2O)N(Cc1ccco1)C(=S)N3Cc1ccccc1. The molecule has 0 unspecified atom stereocenters. The Morgan fingerprint density at radius 2 is 1.85 bits per heavy atom. The van der Waals surface area contributed by atoms with Gasteiger partial charge >= 0.3 is 5.97 Å². The van der Waals surface area contributed by atoms with Gasteiger partial charge in [-0.15, -0.1) is 0 Å². The molecule has 1 saturated carbocycles. The van der Waals surface area contributed by atoms with Gasteiger partial charge in [-0.05, 0) is 36.3 Å². The van der Waals surface area contributed by atoms with Gasteiger partial charge in [0, 0.05) is 6.54 Å². The summed E-state index contributed by atoms with van der Waals surface area (Å²) in [4.78, 5) is 16.6. The Balaban J connectivity index is 1.52. The van der Waals surface area contributed by atoms with Crippen LogP contribution in [-0.4, -0.2) is 50.3 Å². The maximum atomic E-state index is 12.4. The Morgan fingerprint density at radius 1 is 1.07 bits per heavy atom. The number of carbonyl (C=O) groups excluding carboxylic acids is 1. The van der Waals surface area contributed by atoms with Gasteiger partial charge in [0.15, 0.2) is 5.11 Å². The minimum absolute atomic E-state index is 0.110. The molecule has 0 spiro atoms. The smallest absolute Gasteiger partial charge is 0.311 e. The standard InChI is InChI=1S/C20H20N2O4S/c23-15-9-14-16-17(18(15)26-19(14)24)21(10-12-5-2-1-3-6-12)20(27)22(16)11-13-7-4-8-25-13/h1-8,14-18,23H,9-11H2/t14-,15-,16-,17-,18+/m1/s1. The van der Waals surface area contributed by atoms with Gasteiger partial charge in [0.05, 0.1) is 36.9 Å². The van der Waals surface area contributed by atoms with Crippen LogP contribution in [0.4, 0.5) is 0 Å². The highest BCUT2D eigenvalue weighted by molar-refractivity contribution is 7.80. The van der Waals surface area contributed by atoms with E-state index in [0.717, 1.165) is 11.3 Å². The summed E-state index contributed by atoms with van der Waals surface area (Å²) in [6.07, 6.45) is 0.842. The zero-order chi connectivity index (χ0) is 18.5. The molecule has 6 rings (SSSR count). The number of esters is 1. The van der Waals surface area contributed by atoms with E-state index in [2.05, 4.69) is 21.9 Å². The second kappa shape index (κ2) is 6.35. The van der Waals surface area contributed by atoms with Crippen LogP contribution in [0.2, 0.25) is 0 Å². The fraction of sp³-hybridized carbons (Fsp3) is 0.400. The summed E-state index contributed by atoms with van der Waals surface area (Å²) in [5, 5.41) is 11.2. The number of hydrogen-bond donors (Lipinski definition) is 1. The highest BCUT2D eigenvalue weighted by Crippen LogP contribution is 2.45. The van der Waals surface area contributed by atoms with Crippen molar-refractivity contribution in [1.29, 1.82) is 0 Å². The van der Waals surface area contributed by atoms with E-state index < -0.39 is 12.2 Å². The van der Waals surface area contributed by atoms with Gasteiger partial charge in [0.25, 0.3) is 0 Å². The maximum absolute atomic E-state index is 12.4. The van der Waals surface area contributed by atoms with Crippen molar-refractivity contribution in [2.75, 3.05) is 0 Å². The van der Waals surface area contributed by atoms with Crippen molar-refractivity contribution in [3.05, 3.63) is 60.1 Å². The molecular weight excluding hydrogens is 364 g/mol. The maximum Gasteiger partial charge on any atom is 0.311 e. The average Bonchev–Trinajstić information content (AvgIpc) is 3.27. The van der Waals surface area contributed by atoms with Gasteiger partial charge in [0.2, 0.25) is 0 Å². The molecule has 5 atom stereocenters. The predicted molar refractivity (Wildman–Crippen MR) is 100 cm³/mol. The zero-order valence-electron chi connectivity index (χ0n) is 14.6. The molecule has 2 bridgehead atoms.